The van der Waals surface area contributed by atoms with Crippen LogP contribution in [0.2, 0.25) is 0 Å². The van der Waals surface area contributed by atoms with Gasteiger partial charge < -0.3 is 19.3 Å². The molecule has 1 aliphatic heterocycles. The summed E-state index contributed by atoms with van der Waals surface area (Å²) in [5, 5.41) is 0.997. The number of methoxy groups -OCH3 is 2. The minimum Gasteiger partial charge on any atom is -0.497 e. The third-order valence-electron chi connectivity index (χ3n) is 6.03. The highest BCUT2D eigenvalue weighted by Crippen LogP contribution is 2.29. The Labute approximate surface area is 197 Å². The second-order valence-corrected chi connectivity index (χ2v) is 7.97. The van der Waals surface area contributed by atoms with Crippen LogP contribution >= 0.6 is 0 Å². The van der Waals surface area contributed by atoms with Gasteiger partial charge in [-0.25, -0.2) is 9.97 Å². The zero-order chi connectivity index (χ0) is 23.5. The molecule has 0 spiro atoms. The Morgan fingerprint density at radius 3 is 2.38 bits per heavy atom. The number of carbonyl (C=O) groups excluding carboxylic acids is 1. The second kappa shape index (κ2) is 9.35. The van der Waals surface area contributed by atoms with Crippen molar-refractivity contribution in [1.29, 1.82) is 0 Å². The van der Waals surface area contributed by atoms with E-state index >= 15 is 0 Å². The molecule has 5 rings (SSSR count). The van der Waals surface area contributed by atoms with Gasteiger partial charge in [-0.1, -0.05) is 12.1 Å². The predicted molar refractivity (Wildman–Crippen MR) is 130 cm³/mol. The van der Waals surface area contributed by atoms with Gasteiger partial charge in [-0.05, 0) is 36.4 Å². The summed E-state index contributed by atoms with van der Waals surface area (Å²) in [6.45, 7) is 2.50. The van der Waals surface area contributed by atoms with Crippen LogP contribution in [0.1, 0.15) is 10.4 Å². The van der Waals surface area contributed by atoms with Crippen LogP contribution in [-0.4, -0.2) is 66.2 Å². The van der Waals surface area contributed by atoms with Crippen molar-refractivity contribution in [2.75, 3.05) is 45.3 Å². The first-order chi connectivity index (χ1) is 16.7. The molecule has 0 unspecified atom stereocenters. The maximum Gasteiger partial charge on any atom is 0.257 e. The van der Waals surface area contributed by atoms with Crippen molar-refractivity contribution in [1.82, 2.24) is 19.9 Å². The van der Waals surface area contributed by atoms with E-state index in [0.29, 0.717) is 49.1 Å². The zero-order valence-corrected chi connectivity index (χ0v) is 19.1. The maximum absolute atomic E-state index is 13.2. The van der Waals surface area contributed by atoms with E-state index in [-0.39, 0.29) is 5.91 Å². The SMILES string of the molecule is COc1ccc(C(=O)N2CCN(c3nc(-c4ccncc4)nc4ccccc34)CC2)c(OC)c1. The zero-order valence-electron chi connectivity index (χ0n) is 19.1. The monoisotopic (exact) mass is 455 g/mol. The van der Waals surface area contributed by atoms with Crippen LogP contribution in [0.4, 0.5) is 5.82 Å². The van der Waals surface area contributed by atoms with E-state index in [4.69, 9.17) is 19.4 Å². The van der Waals surface area contributed by atoms with Crippen LogP contribution in [-0.2, 0) is 0 Å². The minimum absolute atomic E-state index is 0.0517. The van der Waals surface area contributed by atoms with Gasteiger partial charge >= 0.3 is 0 Å². The van der Waals surface area contributed by atoms with Crippen molar-refractivity contribution in [3.63, 3.8) is 0 Å². The Bertz CT molecular complexity index is 1320. The Kier molecular flexibility index (Phi) is 5.95. The van der Waals surface area contributed by atoms with E-state index in [1.54, 1.807) is 44.8 Å². The molecular formula is C26H25N5O3. The molecule has 0 saturated carbocycles. The first-order valence-corrected chi connectivity index (χ1v) is 11.1. The molecule has 3 heterocycles. The molecule has 2 aromatic carbocycles. The molecule has 0 aliphatic carbocycles. The van der Waals surface area contributed by atoms with Gasteiger partial charge in [0.2, 0.25) is 0 Å². The molecule has 1 aliphatic rings. The average Bonchev–Trinajstić information content (AvgIpc) is 2.92. The number of fused-ring (bicyclic) bond motifs is 1. The molecule has 1 saturated heterocycles. The summed E-state index contributed by atoms with van der Waals surface area (Å²) in [6.07, 6.45) is 3.48. The van der Waals surface area contributed by atoms with E-state index < -0.39 is 0 Å². The molecule has 0 atom stereocenters. The lowest BCUT2D eigenvalue weighted by molar-refractivity contribution is 0.0743. The van der Waals surface area contributed by atoms with E-state index in [9.17, 15) is 4.79 Å². The van der Waals surface area contributed by atoms with Crippen LogP contribution in [0.3, 0.4) is 0 Å². The number of carbonyl (C=O) groups is 1. The number of para-hydroxylation sites is 1. The Morgan fingerprint density at radius 2 is 1.65 bits per heavy atom. The molecule has 4 aromatic rings. The summed E-state index contributed by atoms with van der Waals surface area (Å²) in [4.78, 5) is 31.1. The van der Waals surface area contributed by atoms with E-state index in [1.807, 2.05) is 41.3 Å². The highest BCUT2D eigenvalue weighted by Gasteiger charge is 2.26. The van der Waals surface area contributed by atoms with Crippen molar-refractivity contribution in [3.8, 4) is 22.9 Å². The number of rotatable bonds is 5. The van der Waals surface area contributed by atoms with Gasteiger partial charge in [0.1, 0.15) is 17.3 Å². The molecule has 172 valence electrons. The number of hydrogen-bond acceptors (Lipinski definition) is 7. The second-order valence-electron chi connectivity index (χ2n) is 7.97. The third-order valence-corrected chi connectivity index (χ3v) is 6.03. The summed E-state index contributed by atoms with van der Waals surface area (Å²) in [7, 11) is 3.15. The van der Waals surface area contributed by atoms with Gasteiger partial charge in [-0.3, -0.25) is 9.78 Å². The topological polar surface area (TPSA) is 80.7 Å². The number of nitrogens with zero attached hydrogens (tertiary/aromatic N) is 5. The lowest BCUT2D eigenvalue weighted by Gasteiger charge is -2.36. The lowest BCUT2D eigenvalue weighted by atomic mass is 10.1. The molecule has 2 aromatic heterocycles. The van der Waals surface area contributed by atoms with Crippen molar-refractivity contribution in [2.24, 2.45) is 0 Å². The normalized spacial score (nSPS) is 13.7. The molecule has 1 fully saturated rings. The van der Waals surface area contributed by atoms with Gasteiger partial charge in [0.15, 0.2) is 5.82 Å². The van der Waals surface area contributed by atoms with Crippen molar-refractivity contribution in [3.05, 3.63) is 72.6 Å². The van der Waals surface area contributed by atoms with Gasteiger partial charge in [0.25, 0.3) is 5.91 Å². The number of anilines is 1. The summed E-state index contributed by atoms with van der Waals surface area (Å²) in [5.74, 6) is 2.66. The van der Waals surface area contributed by atoms with Crippen LogP contribution in [0.5, 0.6) is 11.5 Å². The highest BCUT2D eigenvalue weighted by molar-refractivity contribution is 5.97. The van der Waals surface area contributed by atoms with Crippen LogP contribution in [0.15, 0.2) is 67.0 Å². The van der Waals surface area contributed by atoms with E-state index in [2.05, 4.69) is 9.88 Å². The smallest absolute Gasteiger partial charge is 0.257 e. The molecule has 0 N–H and O–H groups in total. The summed E-state index contributed by atoms with van der Waals surface area (Å²) in [6, 6.07) is 17.1. The number of amides is 1. The first kappa shape index (κ1) is 21.6. The van der Waals surface area contributed by atoms with E-state index in [1.165, 1.54) is 0 Å². The average molecular weight is 456 g/mol. The number of hydrogen-bond donors (Lipinski definition) is 0. The summed E-state index contributed by atoms with van der Waals surface area (Å²) >= 11 is 0. The molecule has 0 radical (unpaired) electrons. The Hall–Kier alpha value is -4.20. The minimum atomic E-state index is -0.0517. The number of piperazine rings is 1. The predicted octanol–water partition coefficient (Wildman–Crippen LogP) is 3.67. The fraction of sp³-hybridized carbons (Fsp3) is 0.231. The highest BCUT2D eigenvalue weighted by atomic mass is 16.5. The standard InChI is InChI=1S/C26H25N5O3/c1-33-19-7-8-21(23(17-19)34-2)26(32)31-15-13-30(14-16-31)25-20-5-3-4-6-22(20)28-24(29-25)18-9-11-27-12-10-18/h3-12,17H,13-16H2,1-2H3. The van der Waals surface area contributed by atoms with Crippen LogP contribution in [0, 0.1) is 0 Å². The fourth-order valence-corrected chi connectivity index (χ4v) is 4.20. The van der Waals surface area contributed by atoms with Crippen molar-refractivity contribution >= 4 is 22.6 Å². The molecule has 1 amide bonds. The third kappa shape index (κ3) is 4.10. The van der Waals surface area contributed by atoms with Gasteiger partial charge in [-0.2, -0.15) is 0 Å². The molecular weight excluding hydrogens is 430 g/mol. The number of benzene rings is 2. The Balaban J connectivity index is 1.40. The summed E-state index contributed by atoms with van der Waals surface area (Å²) in [5.41, 5.74) is 2.34. The fourth-order valence-electron chi connectivity index (χ4n) is 4.20. The van der Waals surface area contributed by atoms with Gasteiger partial charge in [0, 0.05) is 55.6 Å². The number of pyridine rings is 1. The maximum atomic E-state index is 13.2. The molecule has 8 heteroatoms. The first-order valence-electron chi connectivity index (χ1n) is 11.1. The van der Waals surface area contributed by atoms with E-state index in [0.717, 1.165) is 22.3 Å². The summed E-state index contributed by atoms with van der Waals surface area (Å²) < 4.78 is 10.7. The van der Waals surface area contributed by atoms with Crippen molar-refractivity contribution < 1.29 is 14.3 Å². The van der Waals surface area contributed by atoms with Gasteiger partial charge in [-0.15, -0.1) is 0 Å². The van der Waals surface area contributed by atoms with Gasteiger partial charge in [0.05, 0.1) is 25.3 Å². The van der Waals surface area contributed by atoms with Crippen LogP contribution in [0.25, 0.3) is 22.3 Å². The molecule has 34 heavy (non-hydrogen) atoms. The number of ether oxygens (including phenoxy) is 2. The molecule has 8 nitrogen and oxygen atoms in total. The van der Waals surface area contributed by atoms with Crippen molar-refractivity contribution in [2.45, 2.75) is 0 Å². The quantitative estimate of drug-likeness (QED) is 0.454. The Morgan fingerprint density at radius 1 is 0.882 bits per heavy atom. The largest absolute Gasteiger partial charge is 0.497 e. The van der Waals surface area contributed by atoms with Crippen LogP contribution < -0.4 is 14.4 Å². The lowest BCUT2D eigenvalue weighted by Crippen LogP contribution is -2.49. The molecule has 0 bridgehead atoms. The number of aromatic nitrogens is 3.